The summed E-state index contributed by atoms with van der Waals surface area (Å²) in [5, 5.41) is 6.40. The summed E-state index contributed by atoms with van der Waals surface area (Å²) in [7, 11) is 0. The Balaban J connectivity index is 1.53. The number of amides is 1. The zero-order chi connectivity index (χ0) is 19.7. The van der Waals surface area contributed by atoms with Gasteiger partial charge in [-0.05, 0) is 55.3 Å². The molecule has 1 amide bonds. The maximum absolute atomic E-state index is 12.4. The van der Waals surface area contributed by atoms with Crippen molar-refractivity contribution in [1.82, 2.24) is 4.57 Å². The molecule has 0 spiro atoms. The molecular formula is C23H20Cl2N2O. The minimum atomic E-state index is -0.0235. The van der Waals surface area contributed by atoms with Crippen LogP contribution < -0.4 is 5.32 Å². The van der Waals surface area contributed by atoms with Crippen LogP contribution in [0.3, 0.4) is 0 Å². The highest BCUT2D eigenvalue weighted by atomic mass is 35.5. The Bertz CT molecular complexity index is 1180. The fourth-order valence-corrected chi connectivity index (χ4v) is 3.97. The van der Waals surface area contributed by atoms with E-state index in [1.54, 1.807) is 6.07 Å². The Labute approximate surface area is 173 Å². The van der Waals surface area contributed by atoms with Crippen LogP contribution in [-0.4, -0.2) is 10.5 Å². The predicted molar refractivity (Wildman–Crippen MR) is 119 cm³/mol. The van der Waals surface area contributed by atoms with Gasteiger partial charge in [-0.3, -0.25) is 4.79 Å². The molecule has 0 unspecified atom stereocenters. The highest BCUT2D eigenvalue weighted by Gasteiger charge is 2.11. The standard InChI is InChI=1S/C23H20Cl2N2O/c1-2-27-21-6-4-3-5-17(21)18-14-16(9-11-22(18)27)26-23(28)12-8-15-7-10-19(24)20(25)13-15/h3-7,9-11,13-14H,2,8,12H2,1H3,(H,26,28). The molecule has 1 heterocycles. The van der Waals surface area contributed by atoms with Crippen molar-refractivity contribution in [3.05, 3.63) is 76.3 Å². The maximum Gasteiger partial charge on any atom is 0.224 e. The van der Waals surface area contributed by atoms with Gasteiger partial charge in [0.2, 0.25) is 5.91 Å². The summed E-state index contributed by atoms with van der Waals surface area (Å²) in [5.74, 6) is -0.0235. The molecule has 0 fully saturated rings. The number of halogens is 2. The van der Waals surface area contributed by atoms with E-state index in [1.807, 2.05) is 24.3 Å². The van der Waals surface area contributed by atoms with Gasteiger partial charge in [0.1, 0.15) is 0 Å². The molecule has 1 aromatic heterocycles. The second kappa shape index (κ2) is 7.86. The van der Waals surface area contributed by atoms with Gasteiger partial charge in [0.05, 0.1) is 10.0 Å². The van der Waals surface area contributed by atoms with Gasteiger partial charge in [0.15, 0.2) is 0 Å². The van der Waals surface area contributed by atoms with E-state index < -0.39 is 0 Å². The van der Waals surface area contributed by atoms with Gasteiger partial charge < -0.3 is 9.88 Å². The number of benzene rings is 3. The molecule has 0 bridgehead atoms. The lowest BCUT2D eigenvalue weighted by Gasteiger charge is -2.07. The zero-order valence-corrected chi connectivity index (χ0v) is 17.0. The van der Waals surface area contributed by atoms with Crippen LogP contribution in [0.25, 0.3) is 21.8 Å². The molecule has 3 nitrogen and oxygen atoms in total. The van der Waals surface area contributed by atoms with Gasteiger partial charge >= 0.3 is 0 Å². The highest BCUT2D eigenvalue weighted by molar-refractivity contribution is 6.42. The SMILES string of the molecule is CCn1c2ccccc2c2cc(NC(=O)CCc3ccc(Cl)c(Cl)c3)ccc21. The van der Waals surface area contributed by atoms with E-state index in [0.29, 0.717) is 22.9 Å². The number of hydrogen-bond acceptors (Lipinski definition) is 1. The normalized spacial score (nSPS) is 11.2. The summed E-state index contributed by atoms with van der Waals surface area (Å²) in [4.78, 5) is 12.4. The number of aromatic nitrogens is 1. The largest absolute Gasteiger partial charge is 0.341 e. The van der Waals surface area contributed by atoms with E-state index >= 15 is 0 Å². The molecule has 142 valence electrons. The Morgan fingerprint density at radius 3 is 2.50 bits per heavy atom. The van der Waals surface area contributed by atoms with E-state index in [4.69, 9.17) is 23.2 Å². The van der Waals surface area contributed by atoms with E-state index in [0.717, 1.165) is 23.2 Å². The van der Waals surface area contributed by atoms with Gasteiger partial charge in [0, 0.05) is 40.5 Å². The van der Waals surface area contributed by atoms with Crippen molar-refractivity contribution >= 4 is 56.6 Å². The smallest absolute Gasteiger partial charge is 0.224 e. The molecule has 0 saturated carbocycles. The van der Waals surface area contributed by atoms with Crippen LogP contribution in [0.1, 0.15) is 18.9 Å². The van der Waals surface area contributed by atoms with E-state index in [-0.39, 0.29) is 5.91 Å². The summed E-state index contributed by atoms with van der Waals surface area (Å²) >= 11 is 12.0. The van der Waals surface area contributed by atoms with Crippen LogP contribution in [0.2, 0.25) is 10.0 Å². The summed E-state index contributed by atoms with van der Waals surface area (Å²) in [6.07, 6.45) is 0.993. The molecule has 28 heavy (non-hydrogen) atoms. The lowest BCUT2D eigenvalue weighted by atomic mass is 10.1. The van der Waals surface area contributed by atoms with Crippen molar-refractivity contribution in [2.45, 2.75) is 26.3 Å². The Morgan fingerprint density at radius 1 is 0.929 bits per heavy atom. The third-order valence-electron chi connectivity index (χ3n) is 5.00. The Hall–Kier alpha value is -2.49. The summed E-state index contributed by atoms with van der Waals surface area (Å²) in [6, 6.07) is 19.9. The van der Waals surface area contributed by atoms with E-state index in [9.17, 15) is 4.79 Å². The average molecular weight is 411 g/mol. The number of nitrogens with zero attached hydrogens (tertiary/aromatic N) is 1. The number of fused-ring (bicyclic) bond motifs is 3. The van der Waals surface area contributed by atoms with Gasteiger partial charge in [0.25, 0.3) is 0 Å². The molecule has 0 aliphatic carbocycles. The zero-order valence-electron chi connectivity index (χ0n) is 15.5. The lowest BCUT2D eigenvalue weighted by Crippen LogP contribution is -2.12. The van der Waals surface area contributed by atoms with Crippen LogP contribution in [0, 0.1) is 0 Å². The van der Waals surface area contributed by atoms with Gasteiger partial charge in [-0.2, -0.15) is 0 Å². The minimum Gasteiger partial charge on any atom is -0.341 e. The van der Waals surface area contributed by atoms with Gasteiger partial charge in [-0.1, -0.05) is 47.5 Å². The maximum atomic E-state index is 12.4. The van der Waals surface area contributed by atoms with Crippen LogP contribution in [0.15, 0.2) is 60.7 Å². The number of nitrogens with one attached hydrogen (secondary N) is 1. The first-order chi connectivity index (χ1) is 13.6. The molecule has 4 rings (SSSR count). The highest BCUT2D eigenvalue weighted by Crippen LogP contribution is 2.31. The van der Waals surface area contributed by atoms with Crippen LogP contribution >= 0.6 is 23.2 Å². The second-order valence-corrected chi connectivity index (χ2v) is 7.60. The quantitative estimate of drug-likeness (QED) is 0.390. The van der Waals surface area contributed by atoms with Crippen LogP contribution in [0.5, 0.6) is 0 Å². The molecule has 0 aliphatic heterocycles. The monoisotopic (exact) mass is 410 g/mol. The molecule has 1 N–H and O–H groups in total. The lowest BCUT2D eigenvalue weighted by molar-refractivity contribution is -0.116. The molecule has 4 aromatic rings. The van der Waals surface area contributed by atoms with Crippen molar-refractivity contribution in [2.24, 2.45) is 0 Å². The molecular weight excluding hydrogens is 391 g/mol. The molecule has 3 aromatic carbocycles. The molecule has 5 heteroatoms. The molecule has 0 radical (unpaired) electrons. The Morgan fingerprint density at radius 2 is 1.71 bits per heavy atom. The van der Waals surface area contributed by atoms with Crippen molar-refractivity contribution in [3.63, 3.8) is 0 Å². The van der Waals surface area contributed by atoms with E-state index in [1.165, 1.54) is 16.4 Å². The van der Waals surface area contributed by atoms with Crippen molar-refractivity contribution in [2.75, 3.05) is 5.32 Å². The Kier molecular flexibility index (Phi) is 5.29. The number of hydrogen-bond donors (Lipinski definition) is 1. The number of carbonyl (C=O) groups excluding carboxylic acids is 1. The number of carbonyl (C=O) groups is 1. The fourth-order valence-electron chi connectivity index (χ4n) is 3.65. The first-order valence-electron chi connectivity index (χ1n) is 9.31. The average Bonchev–Trinajstić information content (AvgIpc) is 3.02. The fraction of sp³-hybridized carbons (Fsp3) is 0.174. The number of anilines is 1. The van der Waals surface area contributed by atoms with Crippen LogP contribution in [-0.2, 0) is 17.8 Å². The predicted octanol–water partition coefficient (Wildman–Crippen LogP) is 6.69. The van der Waals surface area contributed by atoms with Gasteiger partial charge in [-0.25, -0.2) is 0 Å². The third kappa shape index (κ3) is 3.60. The topological polar surface area (TPSA) is 34.0 Å². The van der Waals surface area contributed by atoms with Crippen molar-refractivity contribution in [1.29, 1.82) is 0 Å². The molecule has 0 atom stereocenters. The third-order valence-corrected chi connectivity index (χ3v) is 5.74. The molecule has 0 aliphatic rings. The van der Waals surface area contributed by atoms with Gasteiger partial charge in [-0.15, -0.1) is 0 Å². The molecule has 0 saturated heterocycles. The second-order valence-electron chi connectivity index (χ2n) is 6.79. The van der Waals surface area contributed by atoms with Crippen molar-refractivity contribution < 1.29 is 4.79 Å². The summed E-state index contributed by atoms with van der Waals surface area (Å²) in [5.41, 5.74) is 4.19. The summed E-state index contributed by atoms with van der Waals surface area (Å²) < 4.78 is 2.29. The summed E-state index contributed by atoms with van der Waals surface area (Å²) in [6.45, 7) is 3.05. The van der Waals surface area contributed by atoms with Crippen LogP contribution in [0.4, 0.5) is 5.69 Å². The van der Waals surface area contributed by atoms with E-state index in [2.05, 4.69) is 47.1 Å². The number of para-hydroxylation sites is 1. The first kappa shape index (κ1) is 18.9. The number of rotatable bonds is 5. The van der Waals surface area contributed by atoms with Crippen molar-refractivity contribution in [3.8, 4) is 0 Å². The number of aryl methyl sites for hydroxylation is 2. The minimum absolute atomic E-state index is 0.0235. The first-order valence-corrected chi connectivity index (χ1v) is 10.1.